The van der Waals surface area contributed by atoms with Gasteiger partial charge in [-0.1, -0.05) is 31.5 Å². The van der Waals surface area contributed by atoms with Crippen LogP contribution in [0.15, 0.2) is 47.6 Å². The number of phenols is 2. The number of nitrogens with zero attached hydrogens (tertiary/aromatic N) is 3. The van der Waals surface area contributed by atoms with Gasteiger partial charge in [-0.2, -0.15) is 0 Å². The Morgan fingerprint density at radius 1 is 1.12 bits per heavy atom. The number of methoxy groups -OCH3 is 1. The van der Waals surface area contributed by atoms with E-state index in [4.69, 9.17) is 4.74 Å². The molecule has 4 rings (SSSR count). The van der Waals surface area contributed by atoms with Gasteiger partial charge in [-0.3, -0.25) is 9.36 Å². The molecule has 1 saturated carbocycles. The fourth-order valence-electron chi connectivity index (χ4n) is 4.26. The summed E-state index contributed by atoms with van der Waals surface area (Å²) < 4.78 is 7.46. The van der Waals surface area contributed by atoms with Crippen LogP contribution >= 0.6 is 11.8 Å². The van der Waals surface area contributed by atoms with Crippen molar-refractivity contribution in [2.24, 2.45) is 5.92 Å². The van der Waals surface area contributed by atoms with Crippen LogP contribution in [0.1, 0.15) is 49.0 Å². The number of ether oxygens (including phenoxy) is 1. The zero-order valence-corrected chi connectivity index (χ0v) is 19.0. The monoisotopic (exact) mass is 453 g/mol. The standard InChI is InChI=1S/C24H27N3O4S/c1-15-5-3-4-6-20(15)27-23(16-7-10-18(31-2)11-8-16)25-26-24(27)32-14-22(30)19-12-9-17(28)13-21(19)29/h7-13,15,20,28-29H,3-6,14H2,1-2H3. The van der Waals surface area contributed by atoms with Crippen LogP contribution in [0.2, 0.25) is 0 Å². The molecule has 0 saturated heterocycles. The van der Waals surface area contributed by atoms with Gasteiger partial charge in [-0.05, 0) is 55.2 Å². The molecule has 1 aromatic heterocycles. The summed E-state index contributed by atoms with van der Waals surface area (Å²) in [5.74, 6) is 1.62. The van der Waals surface area contributed by atoms with Gasteiger partial charge in [-0.15, -0.1) is 10.2 Å². The van der Waals surface area contributed by atoms with Crippen LogP contribution in [0.4, 0.5) is 0 Å². The summed E-state index contributed by atoms with van der Waals surface area (Å²) in [6, 6.07) is 12.0. The van der Waals surface area contributed by atoms with Crippen molar-refractivity contribution in [3.63, 3.8) is 0 Å². The van der Waals surface area contributed by atoms with E-state index >= 15 is 0 Å². The number of benzene rings is 2. The molecule has 2 atom stereocenters. The predicted octanol–water partition coefficient (Wildman–Crippen LogP) is 5.09. The highest BCUT2D eigenvalue weighted by molar-refractivity contribution is 7.99. The molecule has 0 spiro atoms. The van der Waals surface area contributed by atoms with Crippen LogP contribution in [0.5, 0.6) is 17.2 Å². The molecule has 168 valence electrons. The molecule has 3 aromatic rings. The molecule has 1 aliphatic carbocycles. The molecule has 1 heterocycles. The van der Waals surface area contributed by atoms with Crippen molar-refractivity contribution in [3.8, 4) is 28.6 Å². The number of hydrogen-bond acceptors (Lipinski definition) is 7. The number of carbonyl (C=O) groups is 1. The van der Waals surface area contributed by atoms with Crippen LogP contribution in [-0.4, -0.2) is 43.6 Å². The van der Waals surface area contributed by atoms with E-state index < -0.39 is 0 Å². The Balaban J connectivity index is 1.63. The third-order valence-corrected chi connectivity index (χ3v) is 6.97. The minimum atomic E-state index is -0.232. The zero-order chi connectivity index (χ0) is 22.7. The quantitative estimate of drug-likeness (QED) is 0.380. The van der Waals surface area contributed by atoms with Gasteiger partial charge in [0.15, 0.2) is 16.8 Å². The molecule has 0 aliphatic heterocycles. The normalized spacial score (nSPS) is 18.4. The van der Waals surface area contributed by atoms with Crippen LogP contribution < -0.4 is 4.74 Å². The molecule has 8 heteroatoms. The van der Waals surface area contributed by atoms with Gasteiger partial charge < -0.3 is 14.9 Å². The maximum atomic E-state index is 12.7. The second-order valence-corrected chi connectivity index (χ2v) is 9.09. The lowest BCUT2D eigenvalue weighted by atomic mass is 9.85. The van der Waals surface area contributed by atoms with Gasteiger partial charge in [-0.25, -0.2) is 0 Å². The van der Waals surface area contributed by atoms with E-state index in [1.165, 1.54) is 36.4 Å². The van der Waals surface area contributed by atoms with Crippen molar-refractivity contribution in [2.75, 3.05) is 12.9 Å². The summed E-state index contributed by atoms with van der Waals surface area (Å²) >= 11 is 1.32. The molecule has 0 bridgehead atoms. The van der Waals surface area contributed by atoms with Gasteiger partial charge in [0.25, 0.3) is 0 Å². The van der Waals surface area contributed by atoms with Gasteiger partial charge in [0.2, 0.25) is 0 Å². The first-order valence-electron chi connectivity index (χ1n) is 10.7. The number of rotatable bonds is 7. The highest BCUT2D eigenvalue weighted by atomic mass is 32.2. The highest BCUT2D eigenvalue weighted by Crippen LogP contribution is 2.39. The molecule has 0 radical (unpaired) electrons. The molecule has 32 heavy (non-hydrogen) atoms. The molecule has 7 nitrogen and oxygen atoms in total. The summed E-state index contributed by atoms with van der Waals surface area (Å²) in [7, 11) is 1.64. The second-order valence-electron chi connectivity index (χ2n) is 8.15. The fourth-order valence-corrected chi connectivity index (χ4v) is 5.13. The Bertz CT molecular complexity index is 1100. The Hall–Kier alpha value is -3.00. The van der Waals surface area contributed by atoms with Gasteiger partial charge >= 0.3 is 0 Å². The minimum absolute atomic E-state index is 0.0816. The number of Topliss-reactive ketones (excluding diaryl/α,β-unsaturated/α-hetero) is 1. The molecular formula is C24H27N3O4S. The molecule has 2 aromatic carbocycles. The molecule has 1 fully saturated rings. The smallest absolute Gasteiger partial charge is 0.192 e. The van der Waals surface area contributed by atoms with Crippen molar-refractivity contribution in [2.45, 2.75) is 43.8 Å². The number of phenolic OH excluding ortho intramolecular Hbond substituents is 2. The number of hydrogen-bond donors (Lipinski definition) is 2. The molecule has 0 amide bonds. The Kier molecular flexibility index (Phi) is 6.69. The largest absolute Gasteiger partial charge is 0.508 e. The van der Waals surface area contributed by atoms with Gasteiger partial charge in [0, 0.05) is 17.7 Å². The van der Waals surface area contributed by atoms with Crippen molar-refractivity contribution in [1.29, 1.82) is 0 Å². The van der Waals surface area contributed by atoms with Crippen molar-refractivity contribution in [3.05, 3.63) is 48.0 Å². The van der Waals surface area contributed by atoms with E-state index in [2.05, 4.69) is 21.7 Å². The molecular weight excluding hydrogens is 426 g/mol. The van der Waals surface area contributed by atoms with E-state index in [9.17, 15) is 15.0 Å². The number of aromatic nitrogens is 3. The van der Waals surface area contributed by atoms with Crippen LogP contribution in [-0.2, 0) is 0 Å². The second kappa shape index (κ2) is 9.65. The van der Waals surface area contributed by atoms with Crippen LogP contribution in [0.3, 0.4) is 0 Å². The lowest BCUT2D eigenvalue weighted by Gasteiger charge is -2.31. The first-order chi connectivity index (χ1) is 15.5. The first kappa shape index (κ1) is 22.2. The minimum Gasteiger partial charge on any atom is -0.508 e. The van der Waals surface area contributed by atoms with Gasteiger partial charge in [0.05, 0.1) is 18.4 Å². The van der Waals surface area contributed by atoms with Crippen molar-refractivity contribution < 1.29 is 19.7 Å². The average Bonchev–Trinajstić information content (AvgIpc) is 3.21. The highest BCUT2D eigenvalue weighted by Gasteiger charge is 2.29. The lowest BCUT2D eigenvalue weighted by Crippen LogP contribution is -2.22. The number of thioether (sulfide) groups is 1. The first-order valence-corrected chi connectivity index (χ1v) is 11.7. The third-order valence-electron chi connectivity index (χ3n) is 6.02. The SMILES string of the molecule is COc1ccc(-c2nnc(SCC(=O)c3ccc(O)cc3O)n2C2CCCCC2C)cc1. The summed E-state index contributed by atoms with van der Waals surface area (Å²) in [4.78, 5) is 12.7. The van der Waals surface area contributed by atoms with Crippen LogP contribution in [0, 0.1) is 5.92 Å². The maximum absolute atomic E-state index is 12.7. The Morgan fingerprint density at radius 3 is 2.56 bits per heavy atom. The number of carbonyl (C=O) groups excluding carboxylic acids is 1. The van der Waals surface area contributed by atoms with Gasteiger partial charge in [0.1, 0.15) is 17.2 Å². The fraction of sp³-hybridized carbons (Fsp3) is 0.375. The van der Waals surface area contributed by atoms with E-state index in [1.54, 1.807) is 7.11 Å². The van der Waals surface area contributed by atoms with E-state index in [0.717, 1.165) is 36.4 Å². The summed E-state index contributed by atoms with van der Waals surface area (Å²) in [6.45, 7) is 2.26. The van der Waals surface area contributed by atoms with Crippen molar-refractivity contribution >= 4 is 17.5 Å². The molecule has 2 unspecified atom stereocenters. The predicted molar refractivity (Wildman–Crippen MR) is 124 cm³/mol. The molecule has 1 aliphatic rings. The third kappa shape index (κ3) is 4.60. The topological polar surface area (TPSA) is 97.5 Å². The van der Waals surface area contributed by atoms with Crippen LogP contribution in [0.25, 0.3) is 11.4 Å². The number of aromatic hydroxyl groups is 2. The summed E-state index contributed by atoms with van der Waals surface area (Å²) in [6.07, 6.45) is 4.57. The Morgan fingerprint density at radius 2 is 1.88 bits per heavy atom. The molecule has 2 N–H and O–H groups in total. The van der Waals surface area contributed by atoms with E-state index in [-0.39, 0.29) is 34.6 Å². The zero-order valence-electron chi connectivity index (χ0n) is 18.2. The number of ketones is 1. The van der Waals surface area contributed by atoms with E-state index in [0.29, 0.717) is 11.1 Å². The lowest BCUT2D eigenvalue weighted by molar-refractivity contribution is 0.102. The van der Waals surface area contributed by atoms with Crippen molar-refractivity contribution in [1.82, 2.24) is 14.8 Å². The average molecular weight is 454 g/mol. The Labute approximate surface area is 191 Å². The summed E-state index contributed by atoms with van der Waals surface area (Å²) in [5.41, 5.74) is 1.13. The summed E-state index contributed by atoms with van der Waals surface area (Å²) in [5, 5.41) is 29.1. The maximum Gasteiger partial charge on any atom is 0.192 e. The van der Waals surface area contributed by atoms with E-state index in [1.807, 2.05) is 24.3 Å².